The Balaban J connectivity index is 1.88. The normalized spacial score (nSPS) is 10.3. The molecule has 0 unspecified atom stereocenters. The summed E-state index contributed by atoms with van der Waals surface area (Å²) in [5, 5.41) is 6.96. The summed E-state index contributed by atoms with van der Waals surface area (Å²) in [5.74, 6) is 0.336. The van der Waals surface area contributed by atoms with E-state index in [0.717, 1.165) is 0 Å². The van der Waals surface area contributed by atoms with E-state index in [1.807, 2.05) is 0 Å². The van der Waals surface area contributed by atoms with E-state index in [0.29, 0.717) is 22.8 Å². The zero-order chi connectivity index (χ0) is 14.7. The standard InChI is InChI=1S/C15H13N5O/c16-12-6-4-11(5-7-12)15(21)19-13-3-1-8-17-14(13)20-10-2-9-18-20/h1-10H,16H2,(H,19,21). The molecule has 104 valence electrons. The van der Waals surface area contributed by atoms with E-state index < -0.39 is 0 Å². The first-order valence-corrected chi connectivity index (χ1v) is 6.36. The number of rotatable bonds is 3. The number of anilines is 2. The maximum absolute atomic E-state index is 12.2. The van der Waals surface area contributed by atoms with Crippen molar-refractivity contribution in [2.45, 2.75) is 0 Å². The lowest BCUT2D eigenvalue weighted by Crippen LogP contribution is -2.14. The lowest BCUT2D eigenvalue weighted by atomic mass is 10.2. The predicted octanol–water partition coefficient (Wildman–Crippen LogP) is 2.10. The molecule has 0 saturated carbocycles. The summed E-state index contributed by atoms with van der Waals surface area (Å²) >= 11 is 0. The van der Waals surface area contributed by atoms with Crippen molar-refractivity contribution in [2.75, 3.05) is 11.1 Å². The van der Waals surface area contributed by atoms with Crippen LogP contribution in [0.25, 0.3) is 5.82 Å². The first-order valence-electron chi connectivity index (χ1n) is 6.36. The molecule has 0 atom stereocenters. The maximum Gasteiger partial charge on any atom is 0.255 e. The molecule has 0 bridgehead atoms. The van der Waals surface area contributed by atoms with Gasteiger partial charge < -0.3 is 11.1 Å². The van der Waals surface area contributed by atoms with Gasteiger partial charge in [-0.25, -0.2) is 9.67 Å². The van der Waals surface area contributed by atoms with Crippen LogP contribution in [-0.2, 0) is 0 Å². The summed E-state index contributed by atoms with van der Waals surface area (Å²) in [6.07, 6.45) is 5.07. The van der Waals surface area contributed by atoms with Crippen molar-refractivity contribution in [3.63, 3.8) is 0 Å². The Morgan fingerprint density at radius 2 is 1.90 bits per heavy atom. The third-order valence-corrected chi connectivity index (χ3v) is 2.93. The number of amides is 1. The van der Waals surface area contributed by atoms with E-state index in [-0.39, 0.29) is 5.91 Å². The van der Waals surface area contributed by atoms with Gasteiger partial charge in [-0.2, -0.15) is 5.10 Å². The van der Waals surface area contributed by atoms with Gasteiger partial charge in [0.05, 0.1) is 5.69 Å². The van der Waals surface area contributed by atoms with Crippen molar-refractivity contribution in [1.29, 1.82) is 0 Å². The molecule has 3 rings (SSSR count). The van der Waals surface area contributed by atoms with Crippen LogP contribution < -0.4 is 11.1 Å². The number of hydrogen-bond donors (Lipinski definition) is 2. The van der Waals surface area contributed by atoms with Crippen molar-refractivity contribution in [3.8, 4) is 5.82 Å². The Morgan fingerprint density at radius 1 is 1.10 bits per heavy atom. The topological polar surface area (TPSA) is 85.8 Å². The summed E-state index contributed by atoms with van der Waals surface area (Å²) < 4.78 is 1.60. The van der Waals surface area contributed by atoms with E-state index in [9.17, 15) is 4.79 Å². The third kappa shape index (κ3) is 2.74. The van der Waals surface area contributed by atoms with Crippen LogP contribution in [0, 0.1) is 0 Å². The average molecular weight is 279 g/mol. The Hall–Kier alpha value is -3.15. The van der Waals surface area contributed by atoms with Gasteiger partial charge in [0.25, 0.3) is 5.91 Å². The van der Waals surface area contributed by atoms with Gasteiger partial charge in [0.15, 0.2) is 5.82 Å². The second kappa shape index (κ2) is 5.46. The number of nitrogens with zero attached hydrogens (tertiary/aromatic N) is 3. The van der Waals surface area contributed by atoms with Crippen LogP contribution in [0.3, 0.4) is 0 Å². The first-order chi connectivity index (χ1) is 10.2. The van der Waals surface area contributed by atoms with Gasteiger partial charge in [-0.1, -0.05) is 0 Å². The number of hydrogen-bond acceptors (Lipinski definition) is 4. The highest BCUT2D eigenvalue weighted by Gasteiger charge is 2.11. The van der Waals surface area contributed by atoms with Crippen molar-refractivity contribution in [2.24, 2.45) is 0 Å². The van der Waals surface area contributed by atoms with Crippen molar-refractivity contribution < 1.29 is 4.79 Å². The lowest BCUT2D eigenvalue weighted by Gasteiger charge is -2.10. The fraction of sp³-hybridized carbons (Fsp3) is 0. The number of aromatic nitrogens is 3. The molecule has 6 heteroatoms. The molecule has 6 nitrogen and oxygen atoms in total. The summed E-state index contributed by atoms with van der Waals surface area (Å²) in [7, 11) is 0. The SMILES string of the molecule is Nc1ccc(C(=O)Nc2cccnc2-n2cccn2)cc1. The summed E-state index contributed by atoms with van der Waals surface area (Å²) in [5.41, 5.74) is 7.34. The van der Waals surface area contributed by atoms with Crippen LogP contribution in [0.2, 0.25) is 0 Å². The molecule has 0 radical (unpaired) electrons. The fourth-order valence-electron chi connectivity index (χ4n) is 1.90. The quantitative estimate of drug-likeness (QED) is 0.719. The Labute approximate surface area is 121 Å². The number of nitrogen functional groups attached to an aromatic ring is 1. The largest absolute Gasteiger partial charge is 0.399 e. The molecule has 21 heavy (non-hydrogen) atoms. The van der Waals surface area contributed by atoms with Crippen LogP contribution in [0.5, 0.6) is 0 Å². The van der Waals surface area contributed by atoms with Gasteiger partial charge in [0.2, 0.25) is 0 Å². The molecule has 2 heterocycles. The molecule has 0 aliphatic heterocycles. The van der Waals surface area contributed by atoms with Gasteiger partial charge in [0, 0.05) is 29.8 Å². The Bertz CT molecular complexity index is 750. The number of nitrogens with two attached hydrogens (primary N) is 1. The summed E-state index contributed by atoms with van der Waals surface area (Å²) in [6, 6.07) is 12.0. The highest BCUT2D eigenvalue weighted by atomic mass is 16.1. The minimum absolute atomic E-state index is 0.226. The molecule has 0 aliphatic carbocycles. The average Bonchev–Trinajstić information content (AvgIpc) is 3.02. The van der Waals surface area contributed by atoms with Gasteiger partial charge in [-0.15, -0.1) is 0 Å². The highest BCUT2D eigenvalue weighted by molar-refractivity contribution is 6.05. The molecule has 0 spiro atoms. The maximum atomic E-state index is 12.2. The minimum Gasteiger partial charge on any atom is -0.399 e. The summed E-state index contributed by atoms with van der Waals surface area (Å²) in [6.45, 7) is 0. The minimum atomic E-state index is -0.226. The highest BCUT2D eigenvalue weighted by Crippen LogP contribution is 2.17. The van der Waals surface area contributed by atoms with Crippen LogP contribution in [0.1, 0.15) is 10.4 Å². The van der Waals surface area contributed by atoms with Crippen LogP contribution in [0.4, 0.5) is 11.4 Å². The number of carbonyl (C=O) groups is 1. The van der Waals surface area contributed by atoms with Crippen molar-refractivity contribution in [3.05, 3.63) is 66.6 Å². The molecular weight excluding hydrogens is 266 g/mol. The zero-order valence-corrected chi connectivity index (χ0v) is 11.1. The molecule has 3 N–H and O–H groups in total. The van der Waals surface area contributed by atoms with E-state index >= 15 is 0 Å². The third-order valence-electron chi connectivity index (χ3n) is 2.93. The van der Waals surface area contributed by atoms with Gasteiger partial charge >= 0.3 is 0 Å². The molecule has 0 fully saturated rings. The molecule has 3 aromatic rings. The number of carbonyl (C=O) groups excluding carboxylic acids is 1. The van der Waals surface area contributed by atoms with Crippen LogP contribution in [0.15, 0.2) is 61.1 Å². The van der Waals surface area contributed by atoms with Gasteiger partial charge in [-0.05, 0) is 42.5 Å². The van der Waals surface area contributed by atoms with E-state index in [1.165, 1.54) is 0 Å². The van der Waals surface area contributed by atoms with E-state index in [4.69, 9.17) is 5.73 Å². The molecule has 0 aliphatic rings. The summed E-state index contributed by atoms with van der Waals surface area (Å²) in [4.78, 5) is 16.5. The second-order valence-corrected chi connectivity index (χ2v) is 4.40. The zero-order valence-electron chi connectivity index (χ0n) is 11.1. The fourth-order valence-corrected chi connectivity index (χ4v) is 1.90. The Morgan fingerprint density at radius 3 is 2.62 bits per heavy atom. The van der Waals surface area contributed by atoms with Crippen LogP contribution >= 0.6 is 0 Å². The number of nitrogens with one attached hydrogen (secondary N) is 1. The van der Waals surface area contributed by atoms with Crippen molar-refractivity contribution >= 4 is 17.3 Å². The monoisotopic (exact) mass is 279 g/mol. The number of benzene rings is 1. The van der Waals surface area contributed by atoms with Crippen molar-refractivity contribution in [1.82, 2.24) is 14.8 Å². The molecule has 1 aromatic carbocycles. The van der Waals surface area contributed by atoms with Crippen LogP contribution in [-0.4, -0.2) is 20.7 Å². The van der Waals surface area contributed by atoms with Gasteiger partial charge in [0.1, 0.15) is 0 Å². The molecule has 2 aromatic heterocycles. The van der Waals surface area contributed by atoms with Gasteiger partial charge in [-0.3, -0.25) is 4.79 Å². The molecule has 0 saturated heterocycles. The second-order valence-electron chi connectivity index (χ2n) is 4.40. The molecule has 1 amide bonds. The Kier molecular flexibility index (Phi) is 3.34. The van der Waals surface area contributed by atoms with E-state index in [1.54, 1.807) is 65.7 Å². The predicted molar refractivity (Wildman–Crippen MR) is 80.2 cm³/mol. The lowest BCUT2D eigenvalue weighted by molar-refractivity contribution is 0.102. The smallest absolute Gasteiger partial charge is 0.255 e. The van der Waals surface area contributed by atoms with E-state index in [2.05, 4.69) is 15.4 Å². The first kappa shape index (κ1) is 12.9. The molecular formula is C15H13N5O. The number of pyridine rings is 1.